The van der Waals surface area contributed by atoms with Crippen LogP contribution in [-0.2, 0) is 6.54 Å². The molecule has 4 heterocycles. The smallest absolute Gasteiger partial charge is 0.229 e. The molecule has 8 heteroatoms. The summed E-state index contributed by atoms with van der Waals surface area (Å²) in [6.45, 7) is 5.30. The van der Waals surface area contributed by atoms with E-state index < -0.39 is 0 Å². The molecule has 6 rings (SSSR count). The number of nitrogens with zero attached hydrogens (tertiary/aromatic N) is 5. The minimum Gasteiger partial charge on any atom is -0.360 e. The Bertz CT molecular complexity index is 1330. The average molecular weight is 442 g/mol. The van der Waals surface area contributed by atoms with E-state index in [1.165, 1.54) is 18.4 Å². The first-order valence-corrected chi connectivity index (χ1v) is 11.7. The Balaban J connectivity index is 1.24. The van der Waals surface area contributed by atoms with E-state index in [0.29, 0.717) is 5.95 Å². The van der Waals surface area contributed by atoms with Crippen molar-refractivity contribution in [3.05, 3.63) is 59.7 Å². The molecular weight excluding hydrogens is 414 g/mol. The first-order valence-electron chi connectivity index (χ1n) is 11.7. The number of carbonyl (C=O) groups excluding carboxylic acids is 1. The molecule has 2 fully saturated rings. The third-order valence-corrected chi connectivity index (χ3v) is 6.62. The van der Waals surface area contributed by atoms with Gasteiger partial charge in [0.1, 0.15) is 0 Å². The van der Waals surface area contributed by atoms with Gasteiger partial charge in [0.2, 0.25) is 5.95 Å². The lowest BCUT2D eigenvalue weighted by molar-refractivity contribution is 0.0969. The highest BCUT2D eigenvalue weighted by Crippen LogP contribution is 2.35. The fourth-order valence-corrected chi connectivity index (χ4v) is 4.58. The molecule has 2 aliphatic rings. The van der Waals surface area contributed by atoms with E-state index in [9.17, 15) is 4.79 Å². The third kappa shape index (κ3) is 4.02. The maximum Gasteiger partial charge on any atom is 0.229 e. The number of rotatable bonds is 7. The number of hydrogen-bond donors (Lipinski definition) is 2. The Labute approximate surface area is 192 Å². The Hall–Kier alpha value is -3.52. The predicted molar refractivity (Wildman–Crippen MR) is 127 cm³/mol. The molecule has 1 saturated carbocycles. The molecule has 1 aliphatic carbocycles. The van der Waals surface area contributed by atoms with E-state index >= 15 is 0 Å². The highest BCUT2D eigenvalue weighted by molar-refractivity contribution is 6.10. The molecule has 4 aromatic rings. The number of aromatic nitrogens is 5. The monoisotopic (exact) mass is 441 g/mol. The van der Waals surface area contributed by atoms with Crippen LogP contribution in [0.15, 0.2) is 42.9 Å². The molecule has 2 N–H and O–H groups in total. The lowest BCUT2D eigenvalue weighted by atomic mass is 10.1. The van der Waals surface area contributed by atoms with Gasteiger partial charge >= 0.3 is 0 Å². The Morgan fingerprint density at radius 3 is 2.88 bits per heavy atom. The van der Waals surface area contributed by atoms with Gasteiger partial charge in [0, 0.05) is 64.8 Å². The molecule has 0 bridgehead atoms. The number of aromatic amines is 1. The summed E-state index contributed by atoms with van der Waals surface area (Å²) in [6.07, 6.45) is 10.2. The largest absolute Gasteiger partial charge is 0.360 e. The maximum absolute atomic E-state index is 12.6. The van der Waals surface area contributed by atoms with Crippen molar-refractivity contribution in [2.24, 2.45) is 5.92 Å². The van der Waals surface area contributed by atoms with Gasteiger partial charge in [-0.3, -0.25) is 9.69 Å². The minimum atomic E-state index is 0.188. The fourth-order valence-electron chi connectivity index (χ4n) is 4.58. The Kier molecular flexibility index (Phi) is 4.95. The Morgan fingerprint density at radius 1 is 1.21 bits per heavy atom. The van der Waals surface area contributed by atoms with Gasteiger partial charge in [-0.1, -0.05) is 0 Å². The molecule has 0 unspecified atom stereocenters. The number of H-pyrrole nitrogens is 1. The topological polar surface area (TPSA) is 91.7 Å². The summed E-state index contributed by atoms with van der Waals surface area (Å²) in [5.41, 5.74) is 4.83. The predicted octanol–water partition coefficient (Wildman–Crippen LogP) is 4.38. The summed E-state index contributed by atoms with van der Waals surface area (Å²) in [5, 5.41) is 8.91. The van der Waals surface area contributed by atoms with Crippen molar-refractivity contribution in [3.63, 3.8) is 0 Å². The van der Waals surface area contributed by atoms with Gasteiger partial charge < -0.3 is 10.3 Å². The molecule has 1 saturated heterocycles. The van der Waals surface area contributed by atoms with Crippen LogP contribution >= 0.6 is 0 Å². The summed E-state index contributed by atoms with van der Waals surface area (Å²) >= 11 is 0. The van der Waals surface area contributed by atoms with Gasteiger partial charge in [-0.2, -0.15) is 10.1 Å². The van der Waals surface area contributed by atoms with Gasteiger partial charge in [0.05, 0.1) is 5.69 Å². The van der Waals surface area contributed by atoms with Crippen LogP contribution in [0.3, 0.4) is 0 Å². The second-order valence-corrected chi connectivity index (χ2v) is 9.13. The first kappa shape index (κ1) is 20.1. The number of likely N-dealkylation sites (tertiary alicyclic amines) is 1. The quantitative estimate of drug-likeness (QED) is 0.414. The van der Waals surface area contributed by atoms with Crippen LogP contribution in [0, 0.1) is 12.8 Å². The highest BCUT2D eigenvalue weighted by Gasteiger charge is 2.31. The zero-order chi connectivity index (χ0) is 22.4. The van der Waals surface area contributed by atoms with Crippen molar-refractivity contribution in [1.82, 2.24) is 29.6 Å². The molecule has 0 amide bonds. The van der Waals surface area contributed by atoms with Crippen LogP contribution in [-0.4, -0.2) is 48.5 Å². The molecule has 0 spiro atoms. The molecule has 168 valence electrons. The zero-order valence-electron chi connectivity index (χ0n) is 18.7. The number of carbonyl (C=O) groups is 1. The maximum atomic E-state index is 12.6. The van der Waals surface area contributed by atoms with Crippen LogP contribution < -0.4 is 5.32 Å². The SMILES string of the molecule is Cc1nn(-c2ccnc(Nc3ccc4[nH]cc(C(=O)C5CC5)c4c3)n2)cc1CN1CCCC1. The number of hydrogen-bond acceptors (Lipinski definition) is 6. The van der Waals surface area contributed by atoms with Gasteiger partial charge in [0.15, 0.2) is 11.6 Å². The third-order valence-electron chi connectivity index (χ3n) is 6.62. The van der Waals surface area contributed by atoms with E-state index in [4.69, 9.17) is 0 Å². The van der Waals surface area contributed by atoms with Crippen LogP contribution in [0.4, 0.5) is 11.6 Å². The summed E-state index contributed by atoms with van der Waals surface area (Å²) in [6, 6.07) is 7.79. The van der Waals surface area contributed by atoms with Crippen molar-refractivity contribution >= 4 is 28.3 Å². The number of ketones is 1. The number of anilines is 2. The summed E-state index contributed by atoms with van der Waals surface area (Å²) in [7, 11) is 0. The number of fused-ring (bicyclic) bond motifs is 1. The van der Waals surface area contributed by atoms with Gasteiger partial charge in [0.25, 0.3) is 0 Å². The van der Waals surface area contributed by atoms with Crippen LogP contribution in [0.2, 0.25) is 0 Å². The fraction of sp³-hybridized carbons (Fsp3) is 0.360. The van der Waals surface area contributed by atoms with Gasteiger partial charge in [-0.15, -0.1) is 0 Å². The van der Waals surface area contributed by atoms with Crippen LogP contribution in [0.25, 0.3) is 16.7 Å². The zero-order valence-corrected chi connectivity index (χ0v) is 18.7. The normalized spacial score (nSPS) is 16.5. The lowest BCUT2D eigenvalue weighted by Crippen LogP contribution is -2.18. The molecular formula is C25H27N7O. The van der Waals surface area contributed by atoms with Crippen molar-refractivity contribution < 1.29 is 4.79 Å². The number of benzene rings is 1. The Morgan fingerprint density at radius 2 is 2.06 bits per heavy atom. The van der Waals surface area contributed by atoms with E-state index in [-0.39, 0.29) is 11.7 Å². The van der Waals surface area contributed by atoms with E-state index in [1.807, 2.05) is 35.1 Å². The first-order chi connectivity index (χ1) is 16.1. The van der Waals surface area contributed by atoms with Crippen LogP contribution in [0.5, 0.6) is 0 Å². The van der Waals surface area contributed by atoms with Crippen molar-refractivity contribution in [2.45, 2.75) is 39.2 Å². The molecule has 0 radical (unpaired) electrons. The van der Waals surface area contributed by atoms with Crippen molar-refractivity contribution in [2.75, 3.05) is 18.4 Å². The van der Waals surface area contributed by atoms with Crippen molar-refractivity contribution in [1.29, 1.82) is 0 Å². The lowest BCUT2D eigenvalue weighted by Gasteiger charge is -2.13. The number of aryl methyl sites for hydroxylation is 1. The van der Waals surface area contributed by atoms with E-state index in [2.05, 4.69) is 43.4 Å². The second kappa shape index (κ2) is 8.12. The van der Waals surface area contributed by atoms with E-state index in [0.717, 1.165) is 66.1 Å². The van der Waals surface area contributed by atoms with Gasteiger partial charge in [-0.25, -0.2) is 9.67 Å². The van der Waals surface area contributed by atoms with E-state index in [1.54, 1.807) is 6.20 Å². The molecule has 1 aromatic carbocycles. The molecule has 33 heavy (non-hydrogen) atoms. The molecule has 8 nitrogen and oxygen atoms in total. The second-order valence-electron chi connectivity index (χ2n) is 9.13. The molecule has 3 aromatic heterocycles. The number of nitrogens with one attached hydrogen (secondary N) is 2. The molecule has 1 aliphatic heterocycles. The summed E-state index contributed by atoms with van der Waals surface area (Å²) in [5.74, 6) is 1.63. The minimum absolute atomic E-state index is 0.188. The average Bonchev–Trinajstić information content (AvgIpc) is 3.21. The van der Waals surface area contributed by atoms with Crippen molar-refractivity contribution in [3.8, 4) is 5.82 Å². The van der Waals surface area contributed by atoms with Crippen LogP contribution in [0.1, 0.15) is 47.3 Å². The standard InChI is InChI=1S/C25H27N7O/c1-16-18(14-31-10-2-3-11-31)15-32(30-16)23-8-9-26-25(29-23)28-19-6-7-22-20(12-19)21(13-27-22)24(33)17-4-5-17/h6-9,12-13,15,17,27H,2-5,10-11,14H2,1H3,(H,26,28,29). The summed E-state index contributed by atoms with van der Waals surface area (Å²) < 4.78 is 1.83. The summed E-state index contributed by atoms with van der Waals surface area (Å²) in [4.78, 5) is 27.4. The highest BCUT2D eigenvalue weighted by atomic mass is 16.1. The van der Waals surface area contributed by atoms with Gasteiger partial charge in [-0.05, 0) is 63.9 Å². The molecule has 0 atom stereocenters. The number of Topliss-reactive ketones (excluding diaryl/α,β-unsaturated/α-hetero) is 1.